The largest absolute Gasteiger partial charge is 1.00 e. The van der Waals surface area contributed by atoms with Crippen molar-refractivity contribution in [3.05, 3.63) is 168 Å². The first kappa shape index (κ1) is 39.1. The van der Waals surface area contributed by atoms with Gasteiger partial charge in [-0.05, 0) is 85.1 Å². The lowest BCUT2D eigenvalue weighted by Gasteiger charge is -2.27. The molecule has 1 heterocycles. The van der Waals surface area contributed by atoms with Gasteiger partial charge in [0.2, 0.25) is 11.7 Å². The van der Waals surface area contributed by atoms with E-state index in [4.69, 9.17) is 16.3 Å². The minimum Gasteiger partial charge on any atom is -1.00 e. The summed E-state index contributed by atoms with van der Waals surface area (Å²) in [4.78, 5) is 43.1. The number of aromatic nitrogens is 1. The number of hydrogen-bond donors (Lipinski definition) is 2. The first-order chi connectivity index (χ1) is 25.4. The molecule has 0 unspecified atom stereocenters. The van der Waals surface area contributed by atoms with Gasteiger partial charge < -0.3 is 27.0 Å². The van der Waals surface area contributed by atoms with Crippen LogP contribution in [0.25, 0.3) is 11.1 Å². The molecule has 0 aliphatic rings. The number of ether oxygens (including phenoxy) is 1. The number of carbonyl (C=O) groups excluding carboxylic acids is 3. The maximum absolute atomic E-state index is 13.6. The summed E-state index contributed by atoms with van der Waals surface area (Å²) in [5, 5.41) is 10.1. The number of ketones is 1. The van der Waals surface area contributed by atoms with Crippen molar-refractivity contribution < 1.29 is 36.1 Å². The molecule has 2 N–H and O–H groups in total. The minimum atomic E-state index is -2.01. The van der Waals surface area contributed by atoms with Gasteiger partial charge in [-0.1, -0.05) is 90.5 Å². The second-order valence-electron chi connectivity index (χ2n) is 12.2. The highest BCUT2D eigenvalue weighted by Crippen LogP contribution is 2.56. The Balaban J connectivity index is 0.00000541. The smallest absolute Gasteiger partial charge is 0.411 e. The number of nitrogens with one attached hydrogen (secondary N) is 2. The summed E-state index contributed by atoms with van der Waals surface area (Å²) in [5.74, 6) is -0.411. The number of amides is 2. The van der Waals surface area contributed by atoms with Gasteiger partial charge in [-0.3, -0.25) is 19.9 Å². The number of anilines is 2. The lowest BCUT2D eigenvalue weighted by molar-refractivity contribution is -0.116. The van der Waals surface area contributed by atoms with E-state index >= 15 is 0 Å². The van der Waals surface area contributed by atoms with Crippen LogP contribution in [0.1, 0.15) is 35.3 Å². The molecule has 6 aromatic rings. The average molecular weight is 807 g/mol. The highest BCUT2D eigenvalue weighted by Gasteiger charge is 2.44. The Morgan fingerprint density at radius 2 is 1.32 bits per heavy atom. The molecule has 0 saturated heterocycles. The van der Waals surface area contributed by atoms with E-state index in [1.165, 1.54) is 29.2 Å². The minimum absolute atomic E-state index is 0. The molecule has 1 aromatic heterocycles. The zero-order valence-corrected chi connectivity index (χ0v) is 32.3. The summed E-state index contributed by atoms with van der Waals surface area (Å²) in [6.45, 7) is 0. The van der Waals surface area contributed by atoms with E-state index in [-0.39, 0.29) is 34.4 Å². The van der Waals surface area contributed by atoms with Gasteiger partial charge in [-0.15, -0.1) is 0 Å². The molecule has 0 saturated carbocycles. The van der Waals surface area contributed by atoms with Crippen LogP contribution in [0, 0.1) is 0 Å². The monoisotopic (exact) mass is 805 g/mol. The Bertz CT molecular complexity index is 2060. The molecule has 268 valence electrons. The molecule has 5 aromatic carbocycles. The molecule has 10 heteroatoms. The lowest BCUT2D eigenvalue weighted by atomic mass is 9.98. The third kappa shape index (κ3) is 9.46. The van der Waals surface area contributed by atoms with Gasteiger partial charge in [-0.25, -0.2) is 4.79 Å². The zero-order chi connectivity index (χ0) is 36.3. The Kier molecular flexibility index (Phi) is 13.7. The fourth-order valence-corrected chi connectivity index (χ4v) is 10.9. The van der Waals surface area contributed by atoms with Crippen molar-refractivity contribution in [3.8, 4) is 11.1 Å². The number of unbranched alkanes of at least 4 members (excludes halogenated alkanes) is 1. The van der Waals surface area contributed by atoms with Crippen LogP contribution in [0.2, 0.25) is 5.02 Å². The molecule has 7 nitrogen and oxygen atoms in total. The SMILES string of the molecule is COC(=O)Nc1ccc(-c2cccc(C(=O)c3ccc(Cl)cn3)c2)c(NC(=O)CCCC[P+](c2ccccc2)(c2ccccc2)c2ccccc2)c1.[Br-]. The topological polar surface area (TPSA) is 97.4 Å². The highest BCUT2D eigenvalue weighted by atomic mass is 79.9. The van der Waals surface area contributed by atoms with Gasteiger partial charge >= 0.3 is 6.09 Å². The quantitative estimate of drug-likeness (QED) is 0.0860. The number of benzene rings is 5. The first-order valence-corrected chi connectivity index (χ1v) is 19.3. The van der Waals surface area contributed by atoms with Crippen molar-refractivity contribution in [2.75, 3.05) is 23.9 Å². The van der Waals surface area contributed by atoms with Crippen LogP contribution in [0.5, 0.6) is 0 Å². The van der Waals surface area contributed by atoms with Crippen LogP contribution >= 0.6 is 18.9 Å². The van der Waals surface area contributed by atoms with Crippen LogP contribution in [0.4, 0.5) is 16.2 Å². The second kappa shape index (κ2) is 18.6. The average Bonchev–Trinajstić information content (AvgIpc) is 3.19. The second-order valence-corrected chi connectivity index (χ2v) is 16.2. The standard InChI is InChI=1S/C43H37ClN3O4P.BrH/c1-51-43(50)46-34-24-25-38(31-14-13-15-32(28-31)42(49)39-26-23-33(44)30-45-39)40(29-34)47-41(48)22-11-12-27-52(35-16-5-2-6-17-35,36-18-7-3-8-19-36)37-20-9-4-10-21-37;/h2-10,13-21,23-26,28-30H,11-12,22,27H2,1H3,(H-,46,47,48,50);1H. The Hall–Kier alpha value is -5.14. The highest BCUT2D eigenvalue weighted by molar-refractivity contribution is 7.95. The van der Waals surface area contributed by atoms with Crippen molar-refractivity contribution in [1.82, 2.24) is 4.98 Å². The predicted molar refractivity (Wildman–Crippen MR) is 213 cm³/mol. The number of pyridine rings is 1. The van der Waals surface area contributed by atoms with E-state index in [0.717, 1.165) is 12.6 Å². The van der Waals surface area contributed by atoms with E-state index in [2.05, 4.69) is 88.4 Å². The Labute approximate surface area is 325 Å². The summed E-state index contributed by atoms with van der Waals surface area (Å²) in [5.41, 5.74) is 3.04. The van der Waals surface area contributed by atoms with Crippen molar-refractivity contribution in [2.45, 2.75) is 19.3 Å². The van der Waals surface area contributed by atoms with E-state index in [1.54, 1.807) is 48.5 Å². The van der Waals surface area contributed by atoms with Crippen molar-refractivity contribution in [1.29, 1.82) is 0 Å². The fourth-order valence-electron chi connectivity index (χ4n) is 6.36. The van der Waals surface area contributed by atoms with Gasteiger partial charge in [0.25, 0.3) is 0 Å². The van der Waals surface area contributed by atoms with Gasteiger partial charge in [0.15, 0.2) is 0 Å². The molecule has 53 heavy (non-hydrogen) atoms. The molecular weight excluding hydrogens is 769 g/mol. The molecule has 0 aliphatic carbocycles. The van der Waals surface area contributed by atoms with E-state index in [1.807, 2.05) is 24.3 Å². The van der Waals surface area contributed by atoms with Gasteiger partial charge in [-0.2, -0.15) is 0 Å². The summed E-state index contributed by atoms with van der Waals surface area (Å²) in [7, 11) is -0.724. The van der Waals surface area contributed by atoms with Crippen LogP contribution in [-0.2, 0) is 9.53 Å². The number of carbonyl (C=O) groups is 3. The van der Waals surface area contributed by atoms with E-state index < -0.39 is 13.4 Å². The molecule has 0 bridgehead atoms. The lowest BCUT2D eigenvalue weighted by Crippen LogP contribution is -3.00. The van der Waals surface area contributed by atoms with Crippen molar-refractivity contribution >= 4 is 63.9 Å². The molecule has 2 amide bonds. The number of hydrogen-bond acceptors (Lipinski definition) is 5. The van der Waals surface area contributed by atoms with Gasteiger partial charge in [0.05, 0.1) is 24.0 Å². The van der Waals surface area contributed by atoms with Crippen molar-refractivity contribution in [2.24, 2.45) is 0 Å². The molecule has 0 atom stereocenters. The van der Waals surface area contributed by atoms with Crippen LogP contribution in [0.3, 0.4) is 0 Å². The van der Waals surface area contributed by atoms with Gasteiger partial charge in [0, 0.05) is 29.4 Å². The van der Waals surface area contributed by atoms with Gasteiger partial charge in [0.1, 0.15) is 28.9 Å². The third-order valence-electron chi connectivity index (χ3n) is 8.86. The Morgan fingerprint density at radius 1 is 0.698 bits per heavy atom. The molecule has 0 spiro atoms. The summed E-state index contributed by atoms with van der Waals surface area (Å²) >= 11 is 5.98. The van der Waals surface area contributed by atoms with E-state index in [0.29, 0.717) is 45.9 Å². The molecule has 0 radical (unpaired) electrons. The predicted octanol–water partition coefficient (Wildman–Crippen LogP) is 5.92. The van der Waals surface area contributed by atoms with Crippen LogP contribution < -0.4 is 43.5 Å². The zero-order valence-electron chi connectivity index (χ0n) is 29.0. The first-order valence-electron chi connectivity index (χ1n) is 17.0. The third-order valence-corrected chi connectivity index (χ3v) is 13.6. The molecule has 0 fully saturated rings. The maximum Gasteiger partial charge on any atom is 0.411 e. The normalized spacial score (nSPS) is 10.8. The number of rotatable bonds is 13. The number of halogens is 2. The summed E-state index contributed by atoms with van der Waals surface area (Å²) in [6.07, 6.45) is 3.52. The molecule has 6 rings (SSSR count). The summed E-state index contributed by atoms with van der Waals surface area (Å²) < 4.78 is 4.78. The number of methoxy groups -OCH3 is 1. The van der Waals surface area contributed by atoms with Crippen LogP contribution in [0.15, 0.2) is 152 Å². The maximum atomic E-state index is 13.6. The Morgan fingerprint density at radius 3 is 1.89 bits per heavy atom. The van der Waals surface area contributed by atoms with E-state index in [9.17, 15) is 14.4 Å². The summed E-state index contributed by atoms with van der Waals surface area (Å²) in [6, 6.07) is 47.7. The number of nitrogens with zero attached hydrogens (tertiary/aromatic N) is 1. The molecule has 0 aliphatic heterocycles. The molecular formula is C43H38BrClN3O4P. The van der Waals surface area contributed by atoms with Crippen molar-refractivity contribution in [3.63, 3.8) is 0 Å². The van der Waals surface area contributed by atoms with Crippen LogP contribution in [-0.4, -0.2) is 36.0 Å². The fraction of sp³-hybridized carbons (Fsp3) is 0.116.